The predicted octanol–water partition coefficient (Wildman–Crippen LogP) is 4.11. The molecule has 0 saturated heterocycles. The number of para-hydroxylation sites is 1. The molecule has 4 heteroatoms. The number of aryl methyl sites for hydroxylation is 1. The largest absolute Gasteiger partial charge is 0.487 e. The maximum Gasteiger partial charge on any atom is 0.326 e. The van der Waals surface area contributed by atoms with E-state index < -0.39 is 12.0 Å². The van der Waals surface area contributed by atoms with Crippen molar-refractivity contribution in [3.8, 4) is 5.75 Å². The van der Waals surface area contributed by atoms with Crippen molar-refractivity contribution < 1.29 is 14.6 Å². The van der Waals surface area contributed by atoms with Crippen LogP contribution >= 0.6 is 0 Å². The molecule has 4 nitrogen and oxygen atoms in total. The Kier molecular flexibility index (Phi) is 3.96. The number of aliphatic carboxylic acids is 1. The van der Waals surface area contributed by atoms with Gasteiger partial charge in [-0.2, -0.15) is 0 Å². The number of hydrogen-bond donors (Lipinski definition) is 2. The van der Waals surface area contributed by atoms with Gasteiger partial charge in [0.05, 0.1) is 5.69 Å². The number of benzene rings is 2. The standard InChI is InChI=1S/C21H21NO3/c1-13-8-10-14(11-9-13)12-25-18-7-3-6-16-15-4-2-5-17(15)20(21(23)24)22-19(16)18/h2-4,6-11,15,17,20,22H,5,12H2,1H3,(H,23,24). The number of fused-ring (bicyclic) bond motifs is 3. The van der Waals surface area contributed by atoms with Crippen molar-refractivity contribution >= 4 is 11.7 Å². The third-order valence-corrected chi connectivity index (χ3v) is 5.14. The van der Waals surface area contributed by atoms with Gasteiger partial charge in [-0.05, 0) is 30.5 Å². The van der Waals surface area contributed by atoms with Crippen molar-refractivity contribution in [3.05, 3.63) is 71.3 Å². The minimum Gasteiger partial charge on any atom is -0.487 e. The quantitative estimate of drug-likeness (QED) is 0.826. The number of ether oxygens (including phenoxy) is 1. The highest BCUT2D eigenvalue weighted by Crippen LogP contribution is 2.47. The molecule has 3 atom stereocenters. The second kappa shape index (κ2) is 6.28. The van der Waals surface area contributed by atoms with Gasteiger partial charge in [0.1, 0.15) is 18.4 Å². The Balaban J connectivity index is 1.62. The van der Waals surface area contributed by atoms with E-state index in [2.05, 4.69) is 42.6 Å². The number of nitrogens with one attached hydrogen (secondary N) is 1. The first-order valence-electron chi connectivity index (χ1n) is 8.61. The number of hydrogen-bond acceptors (Lipinski definition) is 3. The van der Waals surface area contributed by atoms with E-state index >= 15 is 0 Å². The highest BCUT2D eigenvalue weighted by Gasteiger charge is 2.41. The number of anilines is 1. The fraction of sp³-hybridized carbons (Fsp3) is 0.286. The number of carbonyl (C=O) groups is 1. The lowest BCUT2D eigenvalue weighted by Gasteiger charge is -2.35. The lowest BCUT2D eigenvalue weighted by Crippen LogP contribution is -2.41. The SMILES string of the molecule is Cc1ccc(COc2cccc3c2NC(C(=O)O)C2CC=CC32)cc1. The molecule has 2 aliphatic rings. The average Bonchev–Trinajstić information content (AvgIpc) is 3.10. The summed E-state index contributed by atoms with van der Waals surface area (Å²) in [5.74, 6) is 0.110. The fourth-order valence-electron chi connectivity index (χ4n) is 3.80. The summed E-state index contributed by atoms with van der Waals surface area (Å²) >= 11 is 0. The number of carboxylic acid groups (broad SMARTS) is 1. The van der Waals surface area contributed by atoms with E-state index in [1.54, 1.807) is 0 Å². The van der Waals surface area contributed by atoms with Gasteiger partial charge < -0.3 is 15.2 Å². The van der Waals surface area contributed by atoms with Crippen molar-refractivity contribution in [2.75, 3.05) is 5.32 Å². The molecule has 0 spiro atoms. The summed E-state index contributed by atoms with van der Waals surface area (Å²) < 4.78 is 6.03. The van der Waals surface area contributed by atoms with E-state index in [-0.39, 0.29) is 11.8 Å². The van der Waals surface area contributed by atoms with Crippen LogP contribution in [0.15, 0.2) is 54.6 Å². The van der Waals surface area contributed by atoms with E-state index in [1.165, 1.54) is 5.56 Å². The highest BCUT2D eigenvalue weighted by molar-refractivity contribution is 5.82. The molecule has 3 unspecified atom stereocenters. The molecule has 4 rings (SSSR count). The summed E-state index contributed by atoms with van der Waals surface area (Å²) in [6.07, 6.45) is 5.01. The van der Waals surface area contributed by atoms with Crippen molar-refractivity contribution in [1.82, 2.24) is 0 Å². The lowest BCUT2D eigenvalue weighted by atomic mass is 9.79. The minimum absolute atomic E-state index is 0.0670. The second-order valence-corrected chi connectivity index (χ2v) is 6.81. The van der Waals surface area contributed by atoms with Crippen LogP contribution in [0.2, 0.25) is 0 Å². The Morgan fingerprint density at radius 2 is 2.04 bits per heavy atom. The van der Waals surface area contributed by atoms with E-state index in [0.29, 0.717) is 12.4 Å². The molecular weight excluding hydrogens is 314 g/mol. The average molecular weight is 335 g/mol. The van der Waals surface area contributed by atoms with Gasteiger partial charge >= 0.3 is 5.97 Å². The molecule has 0 bridgehead atoms. The van der Waals surface area contributed by atoms with Crippen LogP contribution in [0.1, 0.15) is 29.0 Å². The molecule has 128 valence electrons. The molecule has 1 heterocycles. The summed E-state index contributed by atoms with van der Waals surface area (Å²) in [5, 5.41) is 12.8. The third-order valence-electron chi connectivity index (χ3n) is 5.14. The Hall–Kier alpha value is -2.75. The molecule has 1 aliphatic carbocycles. The summed E-state index contributed by atoms with van der Waals surface area (Å²) in [6, 6.07) is 13.6. The Morgan fingerprint density at radius 3 is 2.80 bits per heavy atom. The monoisotopic (exact) mass is 335 g/mol. The molecule has 0 amide bonds. The zero-order chi connectivity index (χ0) is 17.4. The first-order valence-corrected chi connectivity index (χ1v) is 8.61. The molecular formula is C21H21NO3. The van der Waals surface area contributed by atoms with Crippen LogP contribution in [0.3, 0.4) is 0 Å². The third kappa shape index (κ3) is 2.88. The maximum atomic E-state index is 11.7. The van der Waals surface area contributed by atoms with Crippen molar-refractivity contribution in [2.24, 2.45) is 5.92 Å². The van der Waals surface area contributed by atoms with Crippen LogP contribution in [-0.4, -0.2) is 17.1 Å². The molecule has 25 heavy (non-hydrogen) atoms. The lowest BCUT2D eigenvalue weighted by molar-refractivity contribution is -0.139. The van der Waals surface area contributed by atoms with Crippen LogP contribution < -0.4 is 10.1 Å². The fourth-order valence-corrected chi connectivity index (χ4v) is 3.80. The summed E-state index contributed by atoms with van der Waals surface area (Å²) in [5.41, 5.74) is 4.24. The number of carboxylic acids is 1. The molecule has 1 aliphatic heterocycles. The molecule has 2 N–H and O–H groups in total. The highest BCUT2D eigenvalue weighted by atomic mass is 16.5. The normalized spacial score (nSPS) is 23.5. The van der Waals surface area contributed by atoms with E-state index in [4.69, 9.17) is 4.74 Å². The first-order chi connectivity index (χ1) is 12.1. The van der Waals surface area contributed by atoms with Gasteiger partial charge in [0, 0.05) is 11.8 Å². The Morgan fingerprint density at radius 1 is 1.24 bits per heavy atom. The molecule has 0 saturated carbocycles. The van der Waals surface area contributed by atoms with Gasteiger partial charge in [-0.3, -0.25) is 0 Å². The second-order valence-electron chi connectivity index (χ2n) is 6.81. The number of rotatable bonds is 4. The molecule has 0 radical (unpaired) electrons. The van der Waals surface area contributed by atoms with Gasteiger partial charge in [-0.15, -0.1) is 0 Å². The minimum atomic E-state index is -0.808. The van der Waals surface area contributed by atoms with Crippen molar-refractivity contribution in [3.63, 3.8) is 0 Å². The van der Waals surface area contributed by atoms with Crippen molar-refractivity contribution in [2.45, 2.75) is 31.9 Å². The molecule has 0 fully saturated rings. The maximum absolute atomic E-state index is 11.7. The summed E-state index contributed by atoms with van der Waals surface area (Å²) in [4.78, 5) is 11.7. The van der Waals surface area contributed by atoms with E-state index in [9.17, 15) is 9.90 Å². The van der Waals surface area contributed by atoms with Gasteiger partial charge in [0.25, 0.3) is 0 Å². The predicted molar refractivity (Wildman–Crippen MR) is 97.0 cm³/mol. The summed E-state index contributed by atoms with van der Waals surface area (Å²) in [7, 11) is 0. The van der Waals surface area contributed by atoms with Gasteiger partial charge in [0.2, 0.25) is 0 Å². The van der Waals surface area contributed by atoms with Crippen LogP contribution in [0.25, 0.3) is 0 Å². The van der Waals surface area contributed by atoms with Crippen LogP contribution in [0.5, 0.6) is 5.75 Å². The van der Waals surface area contributed by atoms with Gasteiger partial charge in [-0.25, -0.2) is 4.79 Å². The molecule has 2 aromatic carbocycles. The Labute approximate surface area is 147 Å². The van der Waals surface area contributed by atoms with Crippen LogP contribution in [0.4, 0.5) is 5.69 Å². The van der Waals surface area contributed by atoms with Crippen molar-refractivity contribution in [1.29, 1.82) is 0 Å². The zero-order valence-corrected chi connectivity index (χ0v) is 14.1. The van der Waals surface area contributed by atoms with Crippen LogP contribution in [0, 0.1) is 12.8 Å². The zero-order valence-electron chi connectivity index (χ0n) is 14.1. The van der Waals surface area contributed by atoms with Gasteiger partial charge in [0.15, 0.2) is 0 Å². The molecule has 2 aromatic rings. The topological polar surface area (TPSA) is 58.6 Å². The van der Waals surface area contributed by atoms with E-state index in [0.717, 1.165) is 23.2 Å². The summed E-state index contributed by atoms with van der Waals surface area (Å²) in [6.45, 7) is 2.51. The van der Waals surface area contributed by atoms with E-state index in [1.807, 2.05) is 24.3 Å². The number of allylic oxidation sites excluding steroid dienone is 2. The van der Waals surface area contributed by atoms with Crippen LogP contribution in [-0.2, 0) is 11.4 Å². The Bertz CT molecular complexity index is 826. The molecule has 0 aromatic heterocycles. The smallest absolute Gasteiger partial charge is 0.326 e. The van der Waals surface area contributed by atoms with Gasteiger partial charge in [-0.1, -0.05) is 54.1 Å². The first kappa shape index (κ1) is 15.8.